The molecule has 0 aromatic heterocycles. The molecule has 0 spiro atoms. The van der Waals surface area contributed by atoms with Crippen molar-refractivity contribution in [3.63, 3.8) is 0 Å². The molecular formula is C12H20O3SSi. The normalized spacial score (nSPS) is 12.8. The Morgan fingerprint density at radius 3 is 2.35 bits per heavy atom. The van der Waals surface area contributed by atoms with E-state index in [0.717, 1.165) is 23.2 Å². The van der Waals surface area contributed by atoms with Gasteiger partial charge >= 0.3 is 0 Å². The van der Waals surface area contributed by atoms with Crippen molar-refractivity contribution in [2.45, 2.75) is 44.3 Å². The summed E-state index contributed by atoms with van der Waals surface area (Å²) in [5.41, 5.74) is 1.03. The van der Waals surface area contributed by atoms with Crippen molar-refractivity contribution in [2.75, 3.05) is 0 Å². The number of hydrogen-bond acceptors (Lipinski definition) is 2. The predicted molar refractivity (Wildman–Crippen MR) is 73.2 cm³/mol. The number of aryl methyl sites for hydroxylation is 1. The molecule has 0 amide bonds. The summed E-state index contributed by atoms with van der Waals surface area (Å²) in [5.74, 6) is 0. The first-order valence-electron chi connectivity index (χ1n) is 5.77. The molecule has 5 heteroatoms. The van der Waals surface area contributed by atoms with Gasteiger partial charge in [0.25, 0.3) is 10.1 Å². The average Bonchev–Trinajstić information content (AvgIpc) is 2.15. The fourth-order valence-electron chi connectivity index (χ4n) is 2.16. The summed E-state index contributed by atoms with van der Waals surface area (Å²) >= 11 is 0. The smallest absolute Gasteiger partial charge is 0.282 e. The highest BCUT2D eigenvalue weighted by atomic mass is 32.2. The van der Waals surface area contributed by atoms with E-state index in [1.165, 1.54) is 6.07 Å². The highest BCUT2D eigenvalue weighted by Crippen LogP contribution is 2.18. The fraction of sp³-hybridized carbons (Fsp3) is 0.500. The maximum absolute atomic E-state index is 11.4. The first-order valence-corrected chi connectivity index (χ1v) is 10.4. The third kappa shape index (κ3) is 3.40. The molecule has 0 aliphatic heterocycles. The van der Waals surface area contributed by atoms with E-state index in [-0.39, 0.29) is 4.90 Å². The molecule has 1 aromatic carbocycles. The van der Waals surface area contributed by atoms with Crippen LogP contribution in [0.1, 0.15) is 18.9 Å². The molecule has 0 bridgehead atoms. The van der Waals surface area contributed by atoms with Gasteiger partial charge in [0, 0.05) is 0 Å². The van der Waals surface area contributed by atoms with Gasteiger partial charge in [-0.3, -0.25) is 4.55 Å². The van der Waals surface area contributed by atoms with Crippen molar-refractivity contribution >= 4 is 23.4 Å². The van der Waals surface area contributed by atoms with E-state index in [1.807, 2.05) is 13.0 Å². The van der Waals surface area contributed by atoms with Gasteiger partial charge in [-0.05, 0) is 18.2 Å². The second kappa shape index (κ2) is 4.92. The Hall–Kier alpha value is -0.653. The van der Waals surface area contributed by atoms with E-state index in [9.17, 15) is 13.0 Å². The molecule has 0 aliphatic rings. The quantitative estimate of drug-likeness (QED) is 0.677. The first kappa shape index (κ1) is 14.4. The van der Waals surface area contributed by atoms with Gasteiger partial charge in [0.15, 0.2) is 0 Å². The maximum Gasteiger partial charge on any atom is 0.294 e. The summed E-state index contributed by atoms with van der Waals surface area (Å²) in [5, 5.41) is 0.835. The van der Waals surface area contributed by atoms with E-state index in [0.29, 0.717) is 0 Å². The number of hydrogen-bond donors (Lipinski definition) is 1. The summed E-state index contributed by atoms with van der Waals surface area (Å²) in [6.07, 6.45) is 1.03. The maximum atomic E-state index is 11.4. The third-order valence-electron chi connectivity index (χ3n) is 3.02. The zero-order chi connectivity index (χ0) is 13.3. The Balaban J connectivity index is 3.45. The lowest BCUT2D eigenvalue weighted by atomic mass is 10.2. The van der Waals surface area contributed by atoms with Crippen LogP contribution in [-0.2, 0) is 10.1 Å². The summed E-state index contributed by atoms with van der Waals surface area (Å²) in [4.78, 5) is 0.0909. The predicted octanol–water partition coefficient (Wildman–Crippen LogP) is 2.57. The lowest BCUT2D eigenvalue weighted by Gasteiger charge is -2.24. The minimum atomic E-state index is -4.12. The van der Waals surface area contributed by atoms with Crippen molar-refractivity contribution in [3.8, 4) is 0 Å². The lowest BCUT2D eigenvalue weighted by Crippen LogP contribution is -2.44. The molecule has 0 saturated carbocycles. The Morgan fingerprint density at radius 1 is 1.29 bits per heavy atom. The molecule has 1 aromatic rings. The Kier molecular flexibility index (Phi) is 4.17. The van der Waals surface area contributed by atoms with E-state index in [4.69, 9.17) is 0 Å². The van der Waals surface area contributed by atoms with Crippen molar-refractivity contribution in [1.82, 2.24) is 0 Å². The topological polar surface area (TPSA) is 54.4 Å². The van der Waals surface area contributed by atoms with Crippen LogP contribution >= 0.6 is 0 Å². The van der Waals surface area contributed by atoms with Gasteiger partial charge < -0.3 is 0 Å². The van der Waals surface area contributed by atoms with Crippen molar-refractivity contribution in [1.29, 1.82) is 0 Å². The summed E-state index contributed by atoms with van der Waals surface area (Å²) < 4.78 is 32.1. The monoisotopic (exact) mass is 272 g/mol. The van der Waals surface area contributed by atoms with Crippen LogP contribution in [0.2, 0.25) is 19.1 Å². The zero-order valence-corrected chi connectivity index (χ0v) is 12.6. The molecule has 17 heavy (non-hydrogen) atoms. The molecule has 0 fully saturated rings. The van der Waals surface area contributed by atoms with Crippen molar-refractivity contribution in [3.05, 3.63) is 23.8 Å². The van der Waals surface area contributed by atoms with Crippen LogP contribution < -0.4 is 5.19 Å². The summed E-state index contributed by atoms with van der Waals surface area (Å²) in [6, 6.07) is 6.16. The van der Waals surface area contributed by atoms with Gasteiger partial charge in [-0.1, -0.05) is 50.2 Å². The largest absolute Gasteiger partial charge is 0.294 e. The molecule has 0 radical (unpaired) electrons. The second-order valence-electron chi connectivity index (χ2n) is 5.11. The molecular weight excluding hydrogens is 252 g/mol. The van der Waals surface area contributed by atoms with Gasteiger partial charge in [0.1, 0.15) is 0 Å². The van der Waals surface area contributed by atoms with Crippen LogP contribution in [0.5, 0.6) is 0 Å². The molecule has 0 heterocycles. The number of benzene rings is 1. The van der Waals surface area contributed by atoms with Crippen LogP contribution in [0.3, 0.4) is 0 Å². The van der Waals surface area contributed by atoms with Crippen molar-refractivity contribution in [2.24, 2.45) is 0 Å². The minimum Gasteiger partial charge on any atom is -0.282 e. The van der Waals surface area contributed by atoms with Crippen LogP contribution in [0.25, 0.3) is 0 Å². The van der Waals surface area contributed by atoms with Gasteiger partial charge in [-0.2, -0.15) is 8.42 Å². The lowest BCUT2D eigenvalue weighted by molar-refractivity contribution is 0.484. The highest BCUT2D eigenvalue weighted by Gasteiger charge is 2.29. The summed E-state index contributed by atoms with van der Waals surface area (Å²) in [7, 11) is -5.92. The number of rotatable bonds is 4. The molecule has 0 unspecified atom stereocenters. The first-order chi connectivity index (χ1) is 7.68. The molecule has 0 saturated heterocycles. The molecule has 1 N–H and O–H groups in total. The fourth-order valence-corrected chi connectivity index (χ4v) is 6.84. The van der Waals surface area contributed by atoms with Gasteiger partial charge in [0.2, 0.25) is 0 Å². The van der Waals surface area contributed by atoms with Crippen LogP contribution in [0.15, 0.2) is 23.1 Å². The van der Waals surface area contributed by atoms with Gasteiger partial charge in [0.05, 0.1) is 13.0 Å². The van der Waals surface area contributed by atoms with Gasteiger partial charge in [-0.15, -0.1) is 0 Å². The van der Waals surface area contributed by atoms with Crippen molar-refractivity contribution < 1.29 is 13.0 Å². The average molecular weight is 272 g/mol. The standard InChI is InChI=1S/C12H20O3SSi/c1-5-8-17(3,4)12-9-10(2)6-7-11(12)16(13,14)15/h6-7,9H,5,8H2,1-4H3,(H,13,14,15). The van der Waals surface area contributed by atoms with Crippen LogP contribution in [0.4, 0.5) is 0 Å². The Bertz CT molecular complexity index is 506. The minimum absolute atomic E-state index is 0.0909. The molecule has 0 atom stereocenters. The molecule has 1 rings (SSSR count). The second-order valence-corrected chi connectivity index (χ2v) is 11.3. The van der Waals surface area contributed by atoms with E-state index in [2.05, 4.69) is 20.0 Å². The molecule has 0 aliphatic carbocycles. The SMILES string of the molecule is CCC[Si](C)(C)c1cc(C)ccc1S(=O)(=O)O. The van der Waals surface area contributed by atoms with E-state index in [1.54, 1.807) is 6.07 Å². The Morgan fingerprint density at radius 2 is 1.88 bits per heavy atom. The van der Waals surface area contributed by atoms with Gasteiger partial charge in [-0.25, -0.2) is 0 Å². The third-order valence-corrected chi connectivity index (χ3v) is 7.73. The summed E-state index contributed by atoms with van der Waals surface area (Å²) in [6.45, 7) is 8.31. The van der Waals surface area contributed by atoms with E-state index < -0.39 is 18.2 Å². The Labute approximate surface area is 105 Å². The highest BCUT2D eigenvalue weighted by molar-refractivity contribution is 7.86. The molecule has 96 valence electrons. The van der Waals surface area contributed by atoms with Crippen LogP contribution in [0, 0.1) is 6.92 Å². The van der Waals surface area contributed by atoms with Crippen LogP contribution in [-0.4, -0.2) is 21.0 Å². The zero-order valence-electron chi connectivity index (χ0n) is 10.8. The van der Waals surface area contributed by atoms with E-state index >= 15 is 0 Å². The molecule has 3 nitrogen and oxygen atoms in total.